The molecule has 8 heteroatoms. The quantitative estimate of drug-likeness (QED) is 0.801. The van der Waals surface area contributed by atoms with E-state index < -0.39 is 6.03 Å². The van der Waals surface area contributed by atoms with E-state index in [4.69, 9.17) is 15.2 Å². The number of benzene rings is 2. The van der Waals surface area contributed by atoms with Crippen LogP contribution in [0.5, 0.6) is 11.5 Å². The number of primary amides is 1. The fraction of sp³-hybridized carbons (Fsp3) is 0.250. The number of methoxy groups -OCH3 is 2. The van der Waals surface area contributed by atoms with E-state index in [2.05, 4.69) is 10.4 Å². The number of urea groups is 1. The summed E-state index contributed by atoms with van der Waals surface area (Å²) >= 11 is 0. The Morgan fingerprint density at radius 3 is 2.46 bits per heavy atom. The van der Waals surface area contributed by atoms with E-state index in [9.17, 15) is 9.59 Å². The summed E-state index contributed by atoms with van der Waals surface area (Å²) < 4.78 is 10.6. The summed E-state index contributed by atoms with van der Waals surface area (Å²) in [7, 11) is 3.16. The van der Waals surface area contributed by atoms with E-state index in [0.29, 0.717) is 36.6 Å². The third-order valence-electron chi connectivity index (χ3n) is 4.38. The number of anilines is 1. The molecule has 0 unspecified atom stereocenters. The lowest BCUT2D eigenvalue weighted by Gasteiger charge is -2.24. The minimum Gasteiger partial charge on any atom is -0.493 e. The minimum absolute atomic E-state index is 0.0384. The van der Waals surface area contributed by atoms with E-state index in [1.165, 1.54) is 5.01 Å². The molecule has 0 radical (unpaired) electrons. The Morgan fingerprint density at radius 2 is 1.82 bits per heavy atom. The minimum atomic E-state index is -0.622. The highest BCUT2D eigenvalue weighted by molar-refractivity contribution is 6.04. The van der Waals surface area contributed by atoms with Crippen molar-refractivity contribution >= 4 is 23.3 Å². The fourth-order valence-electron chi connectivity index (χ4n) is 2.96. The summed E-state index contributed by atoms with van der Waals surface area (Å²) in [6, 6.07) is 12.1. The van der Waals surface area contributed by atoms with Crippen LogP contribution in [-0.4, -0.2) is 36.9 Å². The van der Waals surface area contributed by atoms with Crippen LogP contribution in [0.15, 0.2) is 47.6 Å². The molecule has 1 aliphatic heterocycles. The molecule has 8 nitrogen and oxygen atoms in total. The van der Waals surface area contributed by atoms with Crippen molar-refractivity contribution in [1.29, 1.82) is 0 Å². The molecule has 0 saturated heterocycles. The van der Waals surface area contributed by atoms with Crippen LogP contribution in [0.3, 0.4) is 0 Å². The molecule has 3 rings (SSSR count). The molecule has 0 spiro atoms. The number of nitrogens with zero attached hydrogens (tertiary/aromatic N) is 2. The highest BCUT2D eigenvalue weighted by Gasteiger charge is 2.22. The predicted octanol–water partition coefficient (Wildman–Crippen LogP) is 2.72. The van der Waals surface area contributed by atoms with Crippen LogP contribution in [0.2, 0.25) is 0 Å². The number of amides is 3. The molecule has 1 heterocycles. The van der Waals surface area contributed by atoms with Crippen LogP contribution in [0, 0.1) is 0 Å². The molecule has 0 fully saturated rings. The maximum Gasteiger partial charge on any atom is 0.316 e. The molecule has 146 valence electrons. The lowest BCUT2D eigenvalue weighted by atomic mass is 10.0. The van der Waals surface area contributed by atoms with E-state index in [1.54, 1.807) is 26.4 Å². The van der Waals surface area contributed by atoms with Gasteiger partial charge in [0.2, 0.25) is 5.91 Å². The van der Waals surface area contributed by atoms with E-state index in [1.807, 2.05) is 30.3 Å². The van der Waals surface area contributed by atoms with E-state index in [-0.39, 0.29) is 5.91 Å². The van der Waals surface area contributed by atoms with Gasteiger partial charge in [0.15, 0.2) is 11.5 Å². The van der Waals surface area contributed by atoms with Crippen LogP contribution in [0.4, 0.5) is 10.5 Å². The zero-order valence-corrected chi connectivity index (χ0v) is 15.8. The number of hydrogen-bond acceptors (Lipinski definition) is 5. The second-order valence-corrected chi connectivity index (χ2v) is 6.25. The summed E-state index contributed by atoms with van der Waals surface area (Å²) in [5.41, 5.74) is 8.28. The number of nitrogens with two attached hydrogens (primary N) is 1. The van der Waals surface area contributed by atoms with E-state index in [0.717, 1.165) is 16.8 Å². The van der Waals surface area contributed by atoms with Crippen LogP contribution in [0.1, 0.15) is 24.0 Å². The molecule has 3 amide bonds. The number of carbonyl (C=O) groups excluding carboxylic acids is 2. The zero-order valence-electron chi connectivity index (χ0n) is 15.8. The second-order valence-electron chi connectivity index (χ2n) is 6.25. The molecule has 3 N–H and O–H groups in total. The fourth-order valence-corrected chi connectivity index (χ4v) is 2.96. The standard InChI is InChI=1S/C20H22N4O4/c1-27-17-9-5-14(11-18(17)28-2)16-8-10-19(25)24(23-16)12-13-3-6-15(7-4-13)22-20(21)26/h3-7,9,11H,8,10,12H2,1-2H3,(H3,21,22,26). The first kappa shape index (κ1) is 19.2. The Kier molecular flexibility index (Phi) is 5.78. The van der Waals surface area contributed by atoms with Crippen molar-refractivity contribution in [2.45, 2.75) is 19.4 Å². The Labute approximate surface area is 162 Å². The van der Waals surface area contributed by atoms with Crippen LogP contribution < -0.4 is 20.5 Å². The van der Waals surface area contributed by atoms with Crippen molar-refractivity contribution in [2.24, 2.45) is 10.8 Å². The number of ether oxygens (including phenoxy) is 2. The maximum absolute atomic E-state index is 12.3. The van der Waals surface area contributed by atoms with Crippen molar-refractivity contribution in [3.8, 4) is 11.5 Å². The van der Waals surface area contributed by atoms with Crippen molar-refractivity contribution in [3.05, 3.63) is 53.6 Å². The van der Waals surface area contributed by atoms with Crippen molar-refractivity contribution < 1.29 is 19.1 Å². The molecule has 0 bridgehead atoms. The highest BCUT2D eigenvalue weighted by atomic mass is 16.5. The number of hydrazone groups is 1. The topological polar surface area (TPSA) is 106 Å². The number of carbonyl (C=O) groups is 2. The second kappa shape index (κ2) is 8.43. The average molecular weight is 382 g/mol. The third kappa shape index (κ3) is 4.40. The Bertz CT molecular complexity index is 909. The summed E-state index contributed by atoms with van der Waals surface area (Å²) in [4.78, 5) is 23.2. The molecule has 2 aromatic rings. The monoisotopic (exact) mass is 382 g/mol. The summed E-state index contributed by atoms with van der Waals surface area (Å²) in [5.74, 6) is 1.22. The van der Waals surface area contributed by atoms with E-state index >= 15 is 0 Å². The van der Waals surface area contributed by atoms with Gasteiger partial charge in [-0.1, -0.05) is 12.1 Å². The highest BCUT2D eigenvalue weighted by Crippen LogP contribution is 2.29. The summed E-state index contributed by atoms with van der Waals surface area (Å²) in [6.07, 6.45) is 0.945. The Balaban J connectivity index is 1.79. The van der Waals surface area contributed by atoms with Gasteiger partial charge >= 0.3 is 6.03 Å². The third-order valence-corrected chi connectivity index (χ3v) is 4.38. The normalized spacial score (nSPS) is 13.7. The first-order chi connectivity index (χ1) is 13.5. The lowest BCUT2D eigenvalue weighted by Crippen LogP contribution is -2.31. The van der Waals surface area contributed by atoms with Crippen LogP contribution >= 0.6 is 0 Å². The van der Waals surface area contributed by atoms with Gasteiger partial charge in [0.25, 0.3) is 0 Å². The maximum atomic E-state index is 12.3. The molecule has 0 saturated carbocycles. The van der Waals surface area contributed by atoms with Gasteiger partial charge in [-0.2, -0.15) is 5.10 Å². The average Bonchev–Trinajstić information content (AvgIpc) is 2.70. The smallest absolute Gasteiger partial charge is 0.316 e. The van der Waals surface area contributed by atoms with Gasteiger partial charge in [-0.25, -0.2) is 9.80 Å². The molecular formula is C20H22N4O4. The van der Waals surface area contributed by atoms with Gasteiger partial charge in [0, 0.05) is 24.1 Å². The molecule has 0 atom stereocenters. The lowest BCUT2D eigenvalue weighted by molar-refractivity contribution is -0.132. The summed E-state index contributed by atoms with van der Waals surface area (Å²) in [6.45, 7) is 0.340. The largest absolute Gasteiger partial charge is 0.493 e. The number of hydrogen-bond donors (Lipinski definition) is 2. The molecule has 0 aromatic heterocycles. The Morgan fingerprint density at radius 1 is 1.11 bits per heavy atom. The van der Waals surface area contributed by atoms with Gasteiger partial charge in [0.1, 0.15) is 0 Å². The predicted molar refractivity (Wildman–Crippen MR) is 106 cm³/mol. The number of nitrogens with one attached hydrogen (secondary N) is 1. The SMILES string of the molecule is COc1ccc(C2=NN(Cc3ccc(NC(N)=O)cc3)C(=O)CC2)cc1OC. The first-order valence-electron chi connectivity index (χ1n) is 8.76. The van der Waals surface area contributed by atoms with Gasteiger partial charge in [-0.3, -0.25) is 4.79 Å². The van der Waals surface area contributed by atoms with Gasteiger partial charge in [0.05, 0.1) is 26.5 Å². The molecule has 1 aliphatic rings. The summed E-state index contributed by atoms with van der Waals surface area (Å²) in [5, 5.41) is 8.51. The van der Waals surface area contributed by atoms with Crippen molar-refractivity contribution in [2.75, 3.05) is 19.5 Å². The molecule has 28 heavy (non-hydrogen) atoms. The van der Waals surface area contributed by atoms with Gasteiger partial charge in [-0.15, -0.1) is 0 Å². The van der Waals surface area contributed by atoms with Crippen molar-refractivity contribution in [1.82, 2.24) is 5.01 Å². The van der Waals surface area contributed by atoms with Crippen LogP contribution in [0.25, 0.3) is 0 Å². The molecule has 2 aromatic carbocycles. The first-order valence-corrected chi connectivity index (χ1v) is 8.76. The molecule has 0 aliphatic carbocycles. The van der Waals surface area contributed by atoms with Crippen molar-refractivity contribution in [3.63, 3.8) is 0 Å². The van der Waals surface area contributed by atoms with Gasteiger partial charge in [-0.05, 0) is 35.9 Å². The van der Waals surface area contributed by atoms with Gasteiger partial charge < -0.3 is 20.5 Å². The van der Waals surface area contributed by atoms with Crippen LogP contribution in [-0.2, 0) is 11.3 Å². The zero-order chi connectivity index (χ0) is 20.1. The molecular weight excluding hydrogens is 360 g/mol. The number of rotatable bonds is 6. The Hall–Kier alpha value is -3.55.